The normalized spacial score (nSPS) is 14.5. The number of nitrogens with zero attached hydrogens (tertiary/aromatic N) is 1. The van der Waals surface area contributed by atoms with Crippen LogP contribution in [0.25, 0.3) is 6.08 Å². The van der Waals surface area contributed by atoms with Gasteiger partial charge in [0, 0.05) is 25.9 Å². The van der Waals surface area contributed by atoms with E-state index in [2.05, 4.69) is 21.2 Å². The SMILES string of the molecule is COCCCN1C(=O)/C(=C/c2cc(Br)c(OCC(=O)Nc3c(C)cccc3C)c(OC)c2)SC1=S. The lowest BCUT2D eigenvalue weighted by molar-refractivity contribution is -0.122. The summed E-state index contributed by atoms with van der Waals surface area (Å²) in [6, 6.07) is 9.38. The molecule has 0 unspecified atom stereocenters. The molecule has 0 aromatic heterocycles. The van der Waals surface area contributed by atoms with Crippen molar-refractivity contribution in [2.24, 2.45) is 0 Å². The highest BCUT2D eigenvalue weighted by Gasteiger charge is 2.31. The Balaban J connectivity index is 1.72. The average Bonchev–Trinajstić information content (AvgIpc) is 3.08. The molecule has 0 atom stereocenters. The van der Waals surface area contributed by atoms with Crippen LogP contribution < -0.4 is 14.8 Å². The molecule has 1 N–H and O–H groups in total. The van der Waals surface area contributed by atoms with E-state index in [1.807, 2.05) is 32.0 Å². The molecule has 0 aliphatic carbocycles. The van der Waals surface area contributed by atoms with Crippen molar-refractivity contribution < 1.29 is 23.8 Å². The van der Waals surface area contributed by atoms with Gasteiger partial charge in [0.25, 0.3) is 11.8 Å². The second kappa shape index (κ2) is 12.5. The largest absolute Gasteiger partial charge is 0.493 e. The van der Waals surface area contributed by atoms with E-state index in [1.165, 1.54) is 18.9 Å². The number of methoxy groups -OCH3 is 2. The first-order valence-electron chi connectivity index (χ1n) is 10.9. The number of thiocarbonyl (C=S) groups is 1. The van der Waals surface area contributed by atoms with E-state index in [-0.39, 0.29) is 18.4 Å². The van der Waals surface area contributed by atoms with Crippen LogP contribution in [0.1, 0.15) is 23.1 Å². The second-order valence-corrected chi connectivity index (χ2v) is 10.3. The molecular formula is C25H27BrN2O5S2. The highest BCUT2D eigenvalue weighted by Crippen LogP contribution is 2.39. The van der Waals surface area contributed by atoms with Crippen LogP contribution in [-0.2, 0) is 14.3 Å². The minimum absolute atomic E-state index is 0.130. The Morgan fingerprint density at radius 3 is 2.60 bits per heavy atom. The summed E-state index contributed by atoms with van der Waals surface area (Å²) in [5, 5.41) is 2.90. The zero-order valence-electron chi connectivity index (χ0n) is 20.0. The maximum absolute atomic E-state index is 12.8. The maximum atomic E-state index is 12.8. The molecule has 186 valence electrons. The van der Waals surface area contributed by atoms with Crippen LogP contribution in [-0.4, -0.2) is 55.0 Å². The van der Waals surface area contributed by atoms with Crippen LogP contribution in [0.4, 0.5) is 5.69 Å². The van der Waals surface area contributed by atoms with Gasteiger partial charge in [0.2, 0.25) is 0 Å². The van der Waals surface area contributed by atoms with E-state index in [4.69, 9.17) is 26.4 Å². The standard InChI is InChI=1S/C25H27BrN2O5S2/c1-15-7-5-8-16(2)22(15)27-21(29)14-33-23-18(26)11-17(12-19(23)32-4)13-20-24(30)28(25(34)35-20)9-6-10-31-3/h5,7-8,11-13H,6,9-10,14H2,1-4H3,(H,27,29)/b20-13-. The Kier molecular flexibility index (Phi) is 9.73. The van der Waals surface area contributed by atoms with Gasteiger partial charge in [-0.3, -0.25) is 14.5 Å². The van der Waals surface area contributed by atoms with Crippen molar-refractivity contribution in [1.29, 1.82) is 0 Å². The van der Waals surface area contributed by atoms with Gasteiger partial charge in [-0.25, -0.2) is 0 Å². The summed E-state index contributed by atoms with van der Waals surface area (Å²) >= 11 is 10.1. The second-order valence-electron chi connectivity index (χ2n) is 7.82. The molecular weight excluding hydrogens is 552 g/mol. The molecule has 7 nitrogen and oxygen atoms in total. The molecule has 2 aromatic carbocycles. The van der Waals surface area contributed by atoms with Crippen molar-refractivity contribution in [2.75, 3.05) is 39.3 Å². The number of anilines is 1. The third kappa shape index (κ3) is 6.84. The molecule has 1 aliphatic heterocycles. The van der Waals surface area contributed by atoms with Crippen LogP contribution in [0.15, 0.2) is 39.7 Å². The number of carbonyl (C=O) groups is 2. The minimum Gasteiger partial charge on any atom is -0.493 e. The molecule has 10 heteroatoms. The van der Waals surface area contributed by atoms with Crippen molar-refractivity contribution in [1.82, 2.24) is 4.90 Å². The quantitative estimate of drug-likeness (QED) is 0.232. The summed E-state index contributed by atoms with van der Waals surface area (Å²) in [4.78, 5) is 27.4. The summed E-state index contributed by atoms with van der Waals surface area (Å²) in [7, 11) is 3.14. The third-order valence-electron chi connectivity index (χ3n) is 5.25. The predicted octanol–water partition coefficient (Wildman–Crippen LogP) is 5.33. The van der Waals surface area contributed by atoms with E-state index in [1.54, 1.807) is 30.2 Å². The minimum atomic E-state index is -0.280. The highest BCUT2D eigenvalue weighted by molar-refractivity contribution is 9.10. The number of rotatable bonds is 10. The van der Waals surface area contributed by atoms with Gasteiger partial charge in [0.05, 0.1) is 16.5 Å². The molecule has 0 radical (unpaired) electrons. The number of thioether (sulfide) groups is 1. The van der Waals surface area contributed by atoms with Gasteiger partial charge in [-0.05, 0) is 71.1 Å². The first-order valence-corrected chi connectivity index (χ1v) is 12.9. The van der Waals surface area contributed by atoms with Crippen LogP contribution in [0.3, 0.4) is 0 Å². The number of benzene rings is 2. The summed E-state index contributed by atoms with van der Waals surface area (Å²) in [6.07, 6.45) is 2.47. The monoisotopic (exact) mass is 578 g/mol. The van der Waals surface area contributed by atoms with Crippen LogP contribution in [0.2, 0.25) is 0 Å². The van der Waals surface area contributed by atoms with Gasteiger partial charge in [0.15, 0.2) is 18.1 Å². The van der Waals surface area contributed by atoms with E-state index >= 15 is 0 Å². The number of aryl methyl sites for hydroxylation is 2. The first-order chi connectivity index (χ1) is 16.7. The fourth-order valence-electron chi connectivity index (χ4n) is 3.50. The lowest BCUT2D eigenvalue weighted by Crippen LogP contribution is -2.29. The molecule has 1 aliphatic rings. The van der Waals surface area contributed by atoms with Gasteiger partial charge < -0.3 is 19.5 Å². The van der Waals surface area contributed by atoms with Crippen molar-refractivity contribution in [2.45, 2.75) is 20.3 Å². The summed E-state index contributed by atoms with van der Waals surface area (Å²) in [6.45, 7) is 4.76. The molecule has 2 aromatic rings. The van der Waals surface area contributed by atoms with E-state index in [0.717, 1.165) is 22.4 Å². The summed E-state index contributed by atoms with van der Waals surface area (Å²) in [5.41, 5.74) is 3.47. The van der Waals surface area contributed by atoms with Gasteiger partial charge in [-0.2, -0.15) is 0 Å². The van der Waals surface area contributed by atoms with Crippen LogP contribution in [0.5, 0.6) is 11.5 Å². The zero-order chi connectivity index (χ0) is 25.5. The molecule has 0 spiro atoms. The fraction of sp³-hybridized carbons (Fsp3) is 0.320. The molecule has 1 saturated heterocycles. The number of para-hydroxylation sites is 1. The third-order valence-corrected chi connectivity index (χ3v) is 7.21. The Morgan fingerprint density at radius 1 is 1.23 bits per heavy atom. The zero-order valence-corrected chi connectivity index (χ0v) is 23.2. The lowest BCUT2D eigenvalue weighted by atomic mass is 10.1. The Bertz CT molecular complexity index is 1150. The van der Waals surface area contributed by atoms with Crippen molar-refractivity contribution in [3.05, 3.63) is 56.4 Å². The molecule has 0 saturated carbocycles. The maximum Gasteiger partial charge on any atom is 0.266 e. The first kappa shape index (κ1) is 27.2. The number of carbonyl (C=O) groups excluding carboxylic acids is 2. The Hall–Kier alpha value is -2.40. The van der Waals surface area contributed by atoms with Gasteiger partial charge in [0.1, 0.15) is 4.32 Å². The van der Waals surface area contributed by atoms with E-state index in [9.17, 15) is 9.59 Å². The van der Waals surface area contributed by atoms with Gasteiger partial charge in [-0.1, -0.05) is 42.2 Å². The number of ether oxygens (including phenoxy) is 3. The average molecular weight is 580 g/mol. The summed E-state index contributed by atoms with van der Waals surface area (Å²) < 4.78 is 17.5. The van der Waals surface area contributed by atoms with E-state index in [0.29, 0.717) is 44.8 Å². The molecule has 1 heterocycles. The van der Waals surface area contributed by atoms with Crippen molar-refractivity contribution >= 4 is 67.8 Å². The molecule has 35 heavy (non-hydrogen) atoms. The lowest BCUT2D eigenvalue weighted by Gasteiger charge is -2.15. The molecule has 1 fully saturated rings. The fourth-order valence-corrected chi connectivity index (χ4v) is 5.38. The topological polar surface area (TPSA) is 77.1 Å². The number of hydrogen-bond donors (Lipinski definition) is 1. The molecule has 3 rings (SSSR count). The van der Waals surface area contributed by atoms with Gasteiger partial charge in [-0.15, -0.1) is 0 Å². The van der Waals surface area contributed by atoms with Gasteiger partial charge >= 0.3 is 0 Å². The number of amides is 2. The number of halogens is 1. The summed E-state index contributed by atoms with van der Waals surface area (Å²) in [5.74, 6) is 0.418. The van der Waals surface area contributed by atoms with Crippen molar-refractivity contribution in [3.63, 3.8) is 0 Å². The Morgan fingerprint density at radius 2 is 1.94 bits per heavy atom. The number of hydrogen-bond acceptors (Lipinski definition) is 7. The number of nitrogens with one attached hydrogen (secondary N) is 1. The highest BCUT2D eigenvalue weighted by atomic mass is 79.9. The predicted molar refractivity (Wildman–Crippen MR) is 147 cm³/mol. The van der Waals surface area contributed by atoms with E-state index < -0.39 is 0 Å². The molecule has 0 bridgehead atoms. The Labute approximate surface area is 223 Å². The van der Waals surface area contributed by atoms with Crippen LogP contribution >= 0.6 is 39.9 Å². The van der Waals surface area contributed by atoms with Crippen LogP contribution in [0, 0.1) is 13.8 Å². The molecule has 2 amide bonds. The van der Waals surface area contributed by atoms with Crippen molar-refractivity contribution in [3.8, 4) is 11.5 Å². The smallest absolute Gasteiger partial charge is 0.266 e.